The highest BCUT2D eigenvalue weighted by Crippen LogP contribution is 2.29. The number of thioether (sulfide) groups is 1. The third-order valence-electron chi connectivity index (χ3n) is 2.06. The molecule has 1 fully saturated rings. The lowest BCUT2D eigenvalue weighted by Crippen LogP contribution is -2.30. The summed E-state index contributed by atoms with van der Waals surface area (Å²) in [5, 5.41) is 0.778. The minimum atomic E-state index is 0.470. The zero-order valence-corrected chi connectivity index (χ0v) is 7.49. The van der Waals surface area contributed by atoms with Crippen LogP contribution in [0.15, 0.2) is 0 Å². The van der Waals surface area contributed by atoms with Crippen LogP contribution in [0.1, 0.15) is 32.6 Å². The summed E-state index contributed by atoms with van der Waals surface area (Å²) in [6.45, 7) is 2.21. The van der Waals surface area contributed by atoms with Crippen molar-refractivity contribution < 1.29 is 0 Å². The van der Waals surface area contributed by atoms with Gasteiger partial charge in [-0.3, -0.25) is 0 Å². The van der Waals surface area contributed by atoms with Crippen LogP contribution < -0.4 is 5.73 Å². The molecule has 0 radical (unpaired) electrons. The van der Waals surface area contributed by atoms with Gasteiger partial charge >= 0.3 is 0 Å². The summed E-state index contributed by atoms with van der Waals surface area (Å²) < 4.78 is 0. The summed E-state index contributed by atoms with van der Waals surface area (Å²) in [6, 6.07) is 0.470. The Bertz CT molecular complexity index is 89.3. The SMILES string of the molecule is CCC[C@H](N)C1CCCS1. The Morgan fingerprint density at radius 3 is 3.00 bits per heavy atom. The molecule has 2 N–H and O–H groups in total. The quantitative estimate of drug-likeness (QED) is 0.681. The van der Waals surface area contributed by atoms with E-state index < -0.39 is 0 Å². The van der Waals surface area contributed by atoms with Gasteiger partial charge in [0.05, 0.1) is 0 Å². The van der Waals surface area contributed by atoms with Gasteiger partial charge in [0.2, 0.25) is 0 Å². The van der Waals surface area contributed by atoms with Crippen LogP contribution in [-0.4, -0.2) is 17.0 Å². The van der Waals surface area contributed by atoms with Gasteiger partial charge in [-0.25, -0.2) is 0 Å². The van der Waals surface area contributed by atoms with Crippen LogP contribution in [0.2, 0.25) is 0 Å². The van der Waals surface area contributed by atoms with Crippen molar-refractivity contribution >= 4 is 11.8 Å². The van der Waals surface area contributed by atoms with Crippen molar-refractivity contribution in [3.05, 3.63) is 0 Å². The van der Waals surface area contributed by atoms with Crippen molar-refractivity contribution in [1.29, 1.82) is 0 Å². The Labute approximate surface area is 67.8 Å². The van der Waals surface area contributed by atoms with Crippen LogP contribution in [0.3, 0.4) is 0 Å². The summed E-state index contributed by atoms with van der Waals surface area (Å²) in [6.07, 6.45) is 5.18. The smallest absolute Gasteiger partial charge is 0.0199 e. The lowest BCUT2D eigenvalue weighted by atomic mass is 10.1. The Morgan fingerprint density at radius 1 is 1.70 bits per heavy atom. The molecule has 1 unspecified atom stereocenters. The normalized spacial score (nSPS) is 28.8. The summed E-state index contributed by atoms with van der Waals surface area (Å²) in [7, 11) is 0. The maximum absolute atomic E-state index is 5.97. The maximum atomic E-state index is 5.97. The molecule has 0 aromatic heterocycles. The molecule has 1 aliphatic heterocycles. The third kappa shape index (κ3) is 2.17. The highest BCUT2D eigenvalue weighted by Gasteiger charge is 2.21. The van der Waals surface area contributed by atoms with E-state index in [1.165, 1.54) is 31.4 Å². The van der Waals surface area contributed by atoms with Gasteiger partial charge in [-0.05, 0) is 25.0 Å². The molecule has 2 atom stereocenters. The van der Waals surface area contributed by atoms with Gasteiger partial charge in [0, 0.05) is 11.3 Å². The Kier molecular flexibility index (Phi) is 3.57. The molecule has 0 amide bonds. The molecule has 60 valence electrons. The minimum Gasteiger partial charge on any atom is -0.327 e. The van der Waals surface area contributed by atoms with E-state index in [0.717, 1.165) is 5.25 Å². The summed E-state index contributed by atoms with van der Waals surface area (Å²) >= 11 is 2.07. The predicted octanol–water partition coefficient (Wildman–Crippen LogP) is 2.01. The third-order valence-corrected chi connectivity index (χ3v) is 3.60. The average Bonchev–Trinajstić information content (AvgIpc) is 2.38. The number of hydrogen-bond donors (Lipinski definition) is 1. The monoisotopic (exact) mass is 159 g/mol. The fourth-order valence-corrected chi connectivity index (χ4v) is 2.81. The van der Waals surface area contributed by atoms with Crippen LogP contribution >= 0.6 is 11.8 Å². The Hall–Kier alpha value is 0.310. The zero-order chi connectivity index (χ0) is 7.40. The molecule has 1 saturated heterocycles. The topological polar surface area (TPSA) is 26.0 Å². The molecular formula is C8H17NS. The van der Waals surface area contributed by atoms with Crippen LogP contribution in [0.5, 0.6) is 0 Å². The van der Waals surface area contributed by atoms with Gasteiger partial charge in [-0.1, -0.05) is 13.3 Å². The van der Waals surface area contributed by atoms with Crippen LogP contribution in [-0.2, 0) is 0 Å². The van der Waals surface area contributed by atoms with Crippen molar-refractivity contribution in [2.75, 3.05) is 5.75 Å². The summed E-state index contributed by atoms with van der Waals surface area (Å²) in [5.74, 6) is 1.34. The average molecular weight is 159 g/mol. The molecule has 1 aliphatic rings. The second-order valence-electron chi connectivity index (χ2n) is 3.00. The fourth-order valence-electron chi connectivity index (χ4n) is 1.46. The van der Waals surface area contributed by atoms with Crippen molar-refractivity contribution in [3.8, 4) is 0 Å². The standard InChI is InChI=1S/C8H17NS/c1-2-4-7(9)8-5-3-6-10-8/h7-8H,2-6,9H2,1H3/t7-,8?/m0/s1. The first-order valence-corrected chi connectivity index (χ1v) is 5.26. The van der Waals surface area contributed by atoms with E-state index in [4.69, 9.17) is 5.73 Å². The van der Waals surface area contributed by atoms with E-state index in [2.05, 4.69) is 18.7 Å². The Morgan fingerprint density at radius 2 is 2.50 bits per heavy atom. The first-order valence-electron chi connectivity index (χ1n) is 4.21. The molecule has 0 aromatic rings. The predicted molar refractivity (Wildman–Crippen MR) is 48.4 cm³/mol. The first-order chi connectivity index (χ1) is 4.84. The number of nitrogens with two attached hydrogens (primary N) is 1. The second-order valence-corrected chi connectivity index (χ2v) is 4.35. The lowest BCUT2D eigenvalue weighted by molar-refractivity contribution is 0.563. The van der Waals surface area contributed by atoms with Crippen molar-refractivity contribution in [1.82, 2.24) is 0 Å². The van der Waals surface area contributed by atoms with E-state index in [1.54, 1.807) is 0 Å². The van der Waals surface area contributed by atoms with Gasteiger partial charge in [0.25, 0.3) is 0 Å². The summed E-state index contributed by atoms with van der Waals surface area (Å²) in [5.41, 5.74) is 5.97. The first kappa shape index (κ1) is 8.41. The molecule has 10 heavy (non-hydrogen) atoms. The molecule has 0 spiro atoms. The second kappa shape index (κ2) is 4.24. The molecule has 0 aliphatic carbocycles. The van der Waals surface area contributed by atoms with Gasteiger partial charge in [-0.15, -0.1) is 0 Å². The molecule has 0 aromatic carbocycles. The van der Waals surface area contributed by atoms with Gasteiger partial charge in [0.15, 0.2) is 0 Å². The molecule has 1 heterocycles. The van der Waals surface area contributed by atoms with E-state index >= 15 is 0 Å². The van der Waals surface area contributed by atoms with E-state index in [9.17, 15) is 0 Å². The van der Waals surface area contributed by atoms with Gasteiger partial charge < -0.3 is 5.73 Å². The van der Waals surface area contributed by atoms with Gasteiger partial charge in [0.1, 0.15) is 0 Å². The zero-order valence-electron chi connectivity index (χ0n) is 6.68. The van der Waals surface area contributed by atoms with Crippen molar-refractivity contribution in [2.45, 2.75) is 43.9 Å². The highest BCUT2D eigenvalue weighted by atomic mass is 32.2. The van der Waals surface area contributed by atoms with Crippen molar-refractivity contribution in [3.63, 3.8) is 0 Å². The molecule has 2 heteroatoms. The Balaban J connectivity index is 2.18. The number of hydrogen-bond acceptors (Lipinski definition) is 2. The van der Waals surface area contributed by atoms with E-state index in [1.807, 2.05) is 0 Å². The lowest BCUT2D eigenvalue weighted by Gasteiger charge is -2.16. The van der Waals surface area contributed by atoms with E-state index in [-0.39, 0.29) is 0 Å². The van der Waals surface area contributed by atoms with Crippen LogP contribution in [0, 0.1) is 0 Å². The molecule has 0 bridgehead atoms. The fraction of sp³-hybridized carbons (Fsp3) is 1.00. The van der Waals surface area contributed by atoms with Gasteiger partial charge in [-0.2, -0.15) is 11.8 Å². The molecule has 0 saturated carbocycles. The molecule has 1 rings (SSSR count). The molecule has 1 nitrogen and oxygen atoms in total. The summed E-state index contributed by atoms with van der Waals surface area (Å²) in [4.78, 5) is 0. The minimum absolute atomic E-state index is 0.470. The number of rotatable bonds is 3. The maximum Gasteiger partial charge on any atom is 0.0199 e. The largest absolute Gasteiger partial charge is 0.327 e. The highest BCUT2D eigenvalue weighted by molar-refractivity contribution is 8.00. The van der Waals surface area contributed by atoms with Crippen LogP contribution in [0.25, 0.3) is 0 Å². The van der Waals surface area contributed by atoms with Crippen molar-refractivity contribution in [2.24, 2.45) is 5.73 Å². The molecular weight excluding hydrogens is 142 g/mol. The van der Waals surface area contributed by atoms with Crippen LogP contribution in [0.4, 0.5) is 0 Å². The van der Waals surface area contributed by atoms with E-state index in [0.29, 0.717) is 6.04 Å².